The number of hydrogen-bond acceptors (Lipinski definition) is 9. The van der Waals surface area contributed by atoms with Gasteiger partial charge in [-0.1, -0.05) is 6.07 Å². The van der Waals surface area contributed by atoms with Gasteiger partial charge in [0.25, 0.3) is 0 Å². The fraction of sp³-hybridized carbons (Fsp3) is 0.409. The van der Waals surface area contributed by atoms with E-state index in [4.69, 9.17) is 10.5 Å². The number of aromatic nitrogens is 3. The molecule has 33 heavy (non-hydrogen) atoms. The lowest BCUT2D eigenvalue weighted by atomic mass is 9.67. The number of fused-ring (bicyclic) bond motifs is 1. The highest BCUT2D eigenvalue weighted by Gasteiger charge is 2.65. The van der Waals surface area contributed by atoms with Crippen LogP contribution >= 0.6 is 11.3 Å². The van der Waals surface area contributed by atoms with E-state index in [2.05, 4.69) is 19.7 Å². The number of rotatable bonds is 6. The zero-order valence-corrected chi connectivity index (χ0v) is 20.1. The van der Waals surface area contributed by atoms with E-state index in [0.717, 1.165) is 15.4 Å². The van der Waals surface area contributed by atoms with Crippen LogP contribution in [0.5, 0.6) is 0 Å². The number of nitrogens with one attached hydrogen (secondary N) is 1. The monoisotopic (exact) mass is 487 g/mol. The Kier molecular flexibility index (Phi) is 5.11. The third-order valence-corrected chi connectivity index (χ3v) is 8.97. The second-order valence-electron chi connectivity index (χ2n) is 8.98. The van der Waals surface area contributed by atoms with Crippen molar-refractivity contribution < 1.29 is 18.3 Å². The molecule has 2 saturated heterocycles. The molecular weight excluding hydrogens is 462 g/mol. The summed E-state index contributed by atoms with van der Waals surface area (Å²) in [6, 6.07) is 4.93. The summed E-state index contributed by atoms with van der Waals surface area (Å²) in [6.07, 6.45) is 3.51. The van der Waals surface area contributed by atoms with Gasteiger partial charge in [0.1, 0.15) is 5.69 Å². The van der Waals surface area contributed by atoms with Gasteiger partial charge in [0.05, 0.1) is 50.5 Å². The number of anilines is 1. The predicted octanol–water partition coefficient (Wildman–Crippen LogP) is 2.43. The number of hydrogen-bond donors (Lipinski definition) is 3. The third kappa shape index (κ3) is 3.73. The summed E-state index contributed by atoms with van der Waals surface area (Å²) in [4.78, 5) is 14.2. The van der Waals surface area contributed by atoms with Gasteiger partial charge in [-0.15, -0.1) is 11.3 Å². The van der Waals surface area contributed by atoms with Crippen molar-refractivity contribution in [3.63, 3.8) is 0 Å². The molecule has 174 valence electrons. The van der Waals surface area contributed by atoms with Crippen molar-refractivity contribution in [3.05, 3.63) is 41.2 Å². The van der Waals surface area contributed by atoms with Gasteiger partial charge in [-0.25, -0.2) is 28.1 Å². The fourth-order valence-electron chi connectivity index (χ4n) is 4.67. The molecule has 1 atom stereocenters. The van der Waals surface area contributed by atoms with Gasteiger partial charge < -0.3 is 15.6 Å². The summed E-state index contributed by atoms with van der Waals surface area (Å²) in [7, 11) is -3.82. The van der Waals surface area contributed by atoms with Crippen LogP contribution in [0.25, 0.3) is 21.8 Å². The minimum atomic E-state index is -3.82. The number of aryl methyl sites for hydroxylation is 2. The van der Waals surface area contributed by atoms with Crippen LogP contribution in [0.15, 0.2) is 35.5 Å². The first-order valence-electron chi connectivity index (χ1n) is 10.5. The molecule has 11 heteroatoms. The molecule has 3 fully saturated rings. The van der Waals surface area contributed by atoms with Crippen molar-refractivity contribution in [2.45, 2.75) is 55.8 Å². The van der Waals surface area contributed by atoms with Crippen LogP contribution in [0.1, 0.15) is 30.3 Å². The molecule has 2 aromatic heterocycles. The smallest absolute Gasteiger partial charge is 0.241 e. The van der Waals surface area contributed by atoms with E-state index in [1.54, 1.807) is 37.5 Å². The van der Waals surface area contributed by atoms with Gasteiger partial charge in [0.15, 0.2) is 5.82 Å². The van der Waals surface area contributed by atoms with Crippen LogP contribution in [0.2, 0.25) is 0 Å². The molecule has 4 heterocycles. The molecule has 3 aliphatic rings. The summed E-state index contributed by atoms with van der Waals surface area (Å²) in [5.41, 5.74) is 7.29. The number of thiazole rings is 1. The van der Waals surface area contributed by atoms with Gasteiger partial charge in [0, 0.05) is 24.6 Å². The Hall–Kier alpha value is -2.44. The van der Waals surface area contributed by atoms with Crippen molar-refractivity contribution >= 4 is 27.2 Å². The van der Waals surface area contributed by atoms with Crippen molar-refractivity contribution in [1.82, 2.24) is 19.7 Å². The van der Waals surface area contributed by atoms with Crippen LogP contribution in [0, 0.1) is 13.8 Å². The molecule has 2 bridgehead atoms. The van der Waals surface area contributed by atoms with Crippen LogP contribution in [-0.2, 0) is 14.8 Å². The first-order valence-corrected chi connectivity index (χ1v) is 12.8. The van der Waals surface area contributed by atoms with E-state index in [1.807, 2.05) is 13.8 Å². The summed E-state index contributed by atoms with van der Waals surface area (Å²) in [5, 5.41) is 10.9. The number of nitrogen functional groups attached to an aromatic ring is 1. The normalized spacial score (nSPS) is 25.1. The lowest BCUT2D eigenvalue weighted by Gasteiger charge is -2.46. The second kappa shape index (κ2) is 7.54. The molecule has 1 aromatic carbocycles. The maximum Gasteiger partial charge on any atom is 0.241 e. The average Bonchev–Trinajstić information content (AvgIpc) is 3.42. The SMILES string of the molecule is Cc1ncc(-c2nc(-c3cc(S(=O)(=O)NC45COC(C(C)O)(C4)C5)ccc3C)cnc2N)s1. The molecule has 0 radical (unpaired) electrons. The van der Waals surface area contributed by atoms with Crippen LogP contribution in [0.4, 0.5) is 5.82 Å². The highest BCUT2D eigenvalue weighted by atomic mass is 32.2. The van der Waals surface area contributed by atoms with Gasteiger partial charge in [-0.3, -0.25) is 0 Å². The molecule has 1 saturated carbocycles. The molecule has 2 aliphatic heterocycles. The number of benzene rings is 1. The molecule has 0 spiro atoms. The standard InChI is InChI=1S/C22H25N5O4S2/c1-12-4-5-15(33(29,30)27-21-9-22(10-21,13(2)28)31-11-21)6-16(12)17-7-25-20(23)19(26-17)18-8-24-14(3)32-18/h4-8,13,27-28H,9-11H2,1-3H3,(H2,23,25). The Morgan fingerprint density at radius 3 is 2.64 bits per heavy atom. The summed E-state index contributed by atoms with van der Waals surface area (Å²) in [6.45, 7) is 5.71. The molecular formula is C22H25N5O4S2. The molecule has 4 N–H and O–H groups in total. The number of nitrogens with zero attached hydrogens (tertiary/aromatic N) is 3. The zero-order chi connectivity index (χ0) is 23.6. The quantitative estimate of drug-likeness (QED) is 0.482. The van der Waals surface area contributed by atoms with E-state index >= 15 is 0 Å². The number of sulfonamides is 1. The Morgan fingerprint density at radius 2 is 2.00 bits per heavy atom. The van der Waals surface area contributed by atoms with Crippen LogP contribution < -0.4 is 10.5 Å². The number of ether oxygens (including phenoxy) is 1. The number of nitrogens with two attached hydrogens (primary N) is 1. The van der Waals surface area contributed by atoms with Gasteiger partial charge in [-0.2, -0.15) is 0 Å². The minimum absolute atomic E-state index is 0.132. The maximum atomic E-state index is 13.2. The highest BCUT2D eigenvalue weighted by Crippen LogP contribution is 2.53. The topological polar surface area (TPSA) is 140 Å². The number of aliphatic hydroxyl groups excluding tert-OH is 1. The lowest BCUT2D eigenvalue weighted by Crippen LogP contribution is -2.62. The van der Waals surface area contributed by atoms with Crippen molar-refractivity contribution in [1.29, 1.82) is 0 Å². The predicted molar refractivity (Wildman–Crippen MR) is 125 cm³/mol. The Labute approximate surface area is 196 Å². The van der Waals surface area contributed by atoms with E-state index < -0.39 is 27.3 Å². The zero-order valence-electron chi connectivity index (χ0n) is 18.5. The maximum absolute atomic E-state index is 13.2. The van der Waals surface area contributed by atoms with Crippen molar-refractivity contribution in [2.75, 3.05) is 12.3 Å². The van der Waals surface area contributed by atoms with Crippen LogP contribution in [-0.4, -0.2) is 52.3 Å². The van der Waals surface area contributed by atoms with E-state index in [0.29, 0.717) is 29.8 Å². The molecule has 3 aromatic rings. The third-order valence-electron chi connectivity index (χ3n) is 6.47. The lowest BCUT2D eigenvalue weighted by molar-refractivity contribution is -0.0941. The summed E-state index contributed by atoms with van der Waals surface area (Å²) in [5.74, 6) is 0.289. The molecule has 6 rings (SSSR count). The van der Waals surface area contributed by atoms with E-state index in [-0.39, 0.29) is 17.3 Å². The first kappa shape index (κ1) is 22.4. The summed E-state index contributed by atoms with van der Waals surface area (Å²) >= 11 is 1.46. The van der Waals surface area contributed by atoms with E-state index in [1.165, 1.54) is 11.3 Å². The largest absolute Gasteiger partial charge is 0.390 e. The second-order valence-corrected chi connectivity index (χ2v) is 11.9. The Bertz CT molecular complexity index is 1350. The Balaban J connectivity index is 1.47. The molecule has 9 nitrogen and oxygen atoms in total. The van der Waals surface area contributed by atoms with Gasteiger partial charge >= 0.3 is 0 Å². The van der Waals surface area contributed by atoms with Crippen molar-refractivity contribution in [3.8, 4) is 21.8 Å². The van der Waals surface area contributed by atoms with Crippen LogP contribution in [0.3, 0.4) is 0 Å². The first-order chi connectivity index (χ1) is 15.5. The summed E-state index contributed by atoms with van der Waals surface area (Å²) < 4.78 is 35.0. The van der Waals surface area contributed by atoms with Crippen molar-refractivity contribution in [2.24, 2.45) is 0 Å². The fourth-order valence-corrected chi connectivity index (χ4v) is 6.85. The van der Waals surface area contributed by atoms with Gasteiger partial charge in [0.2, 0.25) is 10.0 Å². The number of aliphatic hydroxyl groups is 1. The van der Waals surface area contributed by atoms with Gasteiger partial charge in [-0.05, 0) is 38.5 Å². The minimum Gasteiger partial charge on any atom is -0.390 e. The average molecular weight is 488 g/mol. The Morgan fingerprint density at radius 1 is 1.24 bits per heavy atom. The molecule has 0 amide bonds. The van der Waals surface area contributed by atoms with E-state index in [9.17, 15) is 13.5 Å². The highest BCUT2D eigenvalue weighted by molar-refractivity contribution is 7.89. The molecule has 1 unspecified atom stereocenters. The molecule has 1 aliphatic carbocycles.